The van der Waals surface area contributed by atoms with Crippen molar-refractivity contribution in [3.05, 3.63) is 101 Å². The Bertz CT molecular complexity index is 995. The second kappa shape index (κ2) is 10.4. The molecule has 0 atom stereocenters. The maximum atomic E-state index is 13.0. The van der Waals surface area contributed by atoms with Crippen molar-refractivity contribution in [3.63, 3.8) is 0 Å². The van der Waals surface area contributed by atoms with E-state index in [1.54, 1.807) is 23.1 Å². The number of carbonyl (C=O) groups is 2. The van der Waals surface area contributed by atoms with E-state index in [1.807, 2.05) is 62.4 Å². The Balaban J connectivity index is 1.74. The summed E-state index contributed by atoms with van der Waals surface area (Å²) in [6.45, 7) is 5.22. The lowest BCUT2D eigenvalue weighted by Crippen LogP contribution is -2.30. The first-order chi connectivity index (χ1) is 14.6. The van der Waals surface area contributed by atoms with Crippen LogP contribution in [0.15, 0.2) is 78.9 Å². The van der Waals surface area contributed by atoms with E-state index in [0.29, 0.717) is 29.9 Å². The van der Waals surface area contributed by atoms with Crippen molar-refractivity contribution in [1.29, 1.82) is 0 Å². The zero-order valence-corrected chi connectivity index (χ0v) is 17.6. The van der Waals surface area contributed by atoms with Gasteiger partial charge in [-0.3, -0.25) is 9.59 Å². The molecule has 1 N–H and O–H groups in total. The maximum absolute atomic E-state index is 13.0. The highest BCUT2D eigenvalue weighted by Crippen LogP contribution is 2.17. The molecule has 2 amide bonds. The van der Waals surface area contributed by atoms with Gasteiger partial charge in [0.05, 0.1) is 0 Å². The Morgan fingerprint density at radius 3 is 2.23 bits per heavy atom. The molecule has 3 aromatic carbocycles. The first kappa shape index (κ1) is 21.3. The lowest BCUT2D eigenvalue weighted by molar-refractivity contribution is 0.0772. The average Bonchev–Trinajstić information content (AvgIpc) is 2.79. The summed E-state index contributed by atoms with van der Waals surface area (Å²) in [7, 11) is 0. The largest absolute Gasteiger partial charge is 0.339 e. The molecule has 0 heterocycles. The molecule has 0 saturated carbocycles. The van der Waals surface area contributed by atoms with Gasteiger partial charge in [0.2, 0.25) is 0 Å². The highest BCUT2D eigenvalue weighted by atomic mass is 16.2. The minimum absolute atomic E-state index is 0.0284. The van der Waals surface area contributed by atoms with Crippen LogP contribution in [0.4, 0.5) is 5.69 Å². The fourth-order valence-corrected chi connectivity index (χ4v) is 3.51. The molecule has 0 saturated heterocycles. The van der Waals surface area contributed by atoms with Crippen molar-refractivity contribution < 1.29 is 9.59 Å². The molecule has 0 aromatic heterocycles. The quantitative estimate of drug-likeness (QED) is 0.564. The van der Waals surface area contributed by atoms with Crippen LogP contribution in [0, 0.1) is 0 Å². The summed E-state index contributed by atoms with van der Waals surface area (Å²) in [6, 6.07) is 25.1. The van der Waals surface area contributed by atoms with Gasteiger partial charge in [0.15, 0.2) is 0 Å². The number of carbonyl (C=O) groups excluding carboxylic acids is 2. The Kier molecular flexibility index (Phi) is 7.39. The summed E-state index contributed by atoms with van der Waals surface area (Å²) in [5.74, 6) is -0.189. The van der Waals surface area contributed by atoms with Crippen LogP contribution in [-0.2, 0) is 12.8 Å². The number of aryl methyl sites for hydroxylation is 2. The number of anilines is 1. The molecular formula is C26H28N2O2. The number of hydrogen-bond acceptors (Lipinski definition) is 2. The monoisotopic (exact) mass is 400 g/mol. The predicted octanol–water partition coefficient (Wildman–Crippen LogP) is 5.21. The van der Waals surface area contributed by atoms with Crippen LogP contribution in [-0.4, -0.2) is 29.8 Å². The highest BCUT2D eigenvalue weighted by Gasteiger charge is 2.15. The first-order valence-electron chi connectivity index (χ1n) is 10.4. The normalized spacial score (nSPS) is 10.5. The van der Waals surface area contributed by atoms with Gasteiger partial charge < -0.3 is 10.2 Å². The molecule has 4 nitrogen and oxygen atoms in total. The predicted molar refractivity (Wildman–Crippen MR) is 122 cm³/mol. The standard InChI is InChI=1S/C26H28N2O2/c1-3-28(4-2)26(30)22-14-10-15-23(19-22)27-25(29)24-16-9-8-13-21(24)18-17-20-11-6-5-7-12-20/h5-16,19H,3-4,17-18H2,1-2H3,(H,27,29). The Hall–Kier alpha value is -3.40. The molecule has 0 spiro atoms. The minimum atomic E-state index is -0.161. The third-order valence-electron chi connectivity index (χ3n) is 5.21. The van der Waals surface area contributed by atoms with Gasteiger partial charge in [-0.1, -0.05) is 54.6 Å². The van der Waals surface area contributed by atoms with Crippen LogP contribution in [0.2, 0.25) is 0 Å². The van der Waals surface area contributed by atoms with Crippen LogP contribution in [0.5, 0.6) is 0 Å². The number of nitrogens with one attached hydrogen (secondary N) is 1. The number of hydrogen-bond donors (Lipinski definition) is 1. The van der Waals surface area contributed by atoms with E-state index in [1.165, 1.54) is 5.56 Å². The minimum Gasteiger partial charge on any atom is -0.339 e. The highest BCUT2D eigenvalue weighted by molar-refractivity contribution is 6.06. The number of rotatable bonds is 8. The van der Waals surface area contributed by atoms with Crippen LogP contribution >= 0.6 is 0 Å². The molecule has 0 bridgehead atoms. The van der Waals surface area contributed by atoms with E-state index in [-0.39, 0.29) is 11.8 Å². The average molecular weight is 401 g/mol. The van der Waals surface area contributed by atoms with E-state index < -0.39 is 0 Å². The van der Waals surface area contributed by atoms with E-state index >= 15 is 0 Å². The van der Waals surface area contributed by atoms with Crippen molar-refractivity contribution in [2.24, 2.45) is 0 Å². The molecule has 0 aliphatic rings. The summed E-state index contributed by atoms with van der Waals surface area (Å²) in [6.07, 6.45) is 1.66. The van der Waals surface area contributed by atoms with Crippen molar-refractivity contribution in [3.8, 4) is 0 Å². The molecule has 4 heteroatoms. The van der Waals surface area contributed by atoms with E-state index in [2.05, 4.69) is 17.4 Å². The summed E-state index contributed by atoms with van der Waals surface area (Å²) in [5.41, 5.74) is 4.11. The van der Waals surface area contributed by atoms with Crippen molar-refractivity contribution in [2.75, 3.05) is 18.4 Å². The SMILES string of the molecule is CCN(CC)C(=O)c1cccc(NC(=O)c2ccccc2CCc2ccccc2)c1. The molecule has 0 radical (unpaired) electrons. The number of benzene rings is 3. The second-order valence-electron chi connectivity index (χ2n) is 7.16. The second-order valence-corrected chi connectivity index (χ2v) is 7.16. The van der Waals surface area contributed by atoms with Crippen LogP contribution in [0.3, 0.4) is 0 Å². The summed E-state index contributed by atoms with van der Waals surface area (Å²) >= 11 is 0. The lowest BCUT2D eigenvalue weighted by atomic mass is 9.99. The lowest BCUT2D eigenvalue weighted by Gasteiger charge is -2.19. The van der Waals surface area contributed by atoms with Crippen molar-refractivity contribution in [2.45, 2.75) is 26.7 Å². The smallest absolute Gasteiger partial charge is 0.255 e. The molecule has 0 unspecified atom stereocenters. The number of nitrogens with zero attached hydrogens (tertiary/aromatic N) is 1. The molecule has 3 rings (SSSR count). The van der Waals surface area contributed by atoms with Gasteiger partial charge >= 0.3 is 0 Å². The van der Waals surface area contributed by atoms with Crippen LogP contribution in [0.1, 0.15) is 45.7 Å². The third kappa shape index (κ3) is 5.35. The van der Waals surface area contributed by atoms with E-state index in [9.17, 15) is 9.59 Å². The van der Waals surface area contributed by atoms with Crippen LogP contribution in [0.25, 0.3) is 0 Å². The summed E-state index contributed by atoms with van der Waals surface area (Å²) in [5, 5.41) is 2.96. The zero-order valence-electron chi connectivity index (χ0n) is 17.6. The van der Waals surface area contributed by atoms with Gasteiger partial charge in [-0.25, -0.2) is 0 Å². The molecule has 154 valence electrons. The van der Waals surface area contributed by atoms with Gasteiger partial charge in [-0.15, -0.1) is 0 Å². The maximum Gasteiger partial charge on any atom is 0.255 e. The first-order valence-corrected chi connectivity index (χ1v) is 10.4. The summed E-state index contributed by atoms with van der Waals surface area (Å²) in [4.78, 5) is 27.3. The molecule has 30 heavy (non-hydrogen) atoms. The van der Waals surface area contributed by atoms with Gasteiger partial charge in [-0.2, -0.15) is 0 Å². The van der Waals surface area contributed by atoms with Crippen molar-refractivity contribution in [1.82, 2.24) is 4.90 Å². The zero-order chi connectivity index (χ0) is 21.3. The van der Waals surface area contributed by atoms with Gasteiger partial charge in [0.1, 0.15) is 0 Å². The van der Waals surface area contributed by atoms with Crippen molar-refractivity contribution >= 4 is 17.5 Å². The molecule has 0 aliphatic heterocycles. The van der Waals surface area contributed by atoms with Gasteiger partial charge in [-0.05, 0) is 62.1 Å². The van der Waals surface area contributed by atoms with Gasteiger partial charge in [0, 0.05) is 29.9 Å². The Morgan fingerprint density at radius 1 is 0.800 bits per heavy atom. The Labute approximate surface area is 178 Å². The topological polar surface area (TPSA) is 49.4 Å². The molecular weight excluding hydrogens is 372 g/mol. The molecule has 0 fully saturated rings. The van der Waals surface area contributed by atoms with Gasteiger partial charge in [0.25, 0.3) is 11.8 Å². The fraction of sp³-hybridized carbons (Fsp3) is 0.231. The summed E-state index contributed by atoms with van der Waals surface area (Å²) < 4.78 is 0. The van der Waals surface area contributed by atoms with E-state index in [0.717, 1.165) is 18.4 Å². The fourth-order valence-electron chi connectivity index (χ4n) is 3.51. The number of amides is 2. The molecule has 3 aromatic rings. The van der Waals surface area contributed by atoms with E-state index in [4.69, 9.17) is 0 Å². The molecule has 0 aliphatic carbocycles. The Morgan fingerprint density at radius 2 is 1.50 bits per heavy atom. The third-order valence-corrected chi connectivity index (χ3v) is 5.21. The van der Waals surface area contributed by atoms with Crippen LogP contribution < -0.4 is 5.32 Å².